The Morgan fingerprint density at radius 1 is 0.733 bits per heavy atom. The molecule has 0 atom stereocenters. The minimum absolute atomic E-state index is 0.741. The van der Waals surface area contributed by atoms with Crippen LogP contribution < -0.4 is 16.4 Å². The van der Waals surface area contributed by atoms with Crippen LogP contribution >= 0.6 is 0 Å². The summed E-state index contributed by atoms with van der Waals surface area (Å²) in [6, 6.07) is 0. The molecule has 0 heterocycles. The molecule has 0 bridgehead atoms. The third-order valence-electron chi connectivity index (χ3n) is 2.49. The molecule has 0 aromatic heterocycles. The van der Waals surface area contributed by atoms with Crippen LogP contribution in [0, 0.1) is 0 Å². The number of nitrogens with two attached hydrogens (primary N) is 1. The molecule has 0 aromatic carbocycles. The highest BCUT2D eigenvalue weighted by molar-refractivity contribution is 4.52. The predicted molar refractivity (Wildman–Crippen MR) is 68.2 cm³/mol. The fourth-order valence-electron chi connectivity index (χ4n) is 1.54. The highest BCUT2D eigenvalue weighted by Gasteiger charge is 1.90. The molecule has 3 heteroatoms. The maximum Gasteiger partial charge on any atom is 0.00745 e. The lowest BCUT2D eigenvalue weighted by atomic mass is 10.1. The second-order valence-electron chi connectivity index (χ2n) is 4.06. The largest absolute Gasteiger partial charge is 0.329 e. The SMILES string of the molecule is CCCCCCCNCCCNCCN. The lowest BCUT2D eigenvalue weighted by Gasteiger charge is -2.05. The van der Waals surface area contributed by atoms with Crippen LogP contribution in [0.4, 0.5) is 0 Å². The molecule has 0 radical (unpaired) electrons. The fourth-order valence-corrected chi connectivity index (χ4v) is 1.54. The van der Waals surface area contributed by atoms with Gasteiger partial charge in [-0.15, -0.1) is 0 Å². The number of hydrogen-bond acceptors (Lipinski definition) is 3. The molecule has 0 rings (SSSR count). The summed E-state index contributed by atoms with van der Waals surface area (Å²) in [5, 5.41) is 6.76. The van der Waals surface area contributed by atoms with E-state index in [1.54, 1.807) is 0 Å². The first-order valence-electron chi connectivity index (χ1n) is 6.53. The molecule has 4 N–H and O–H groups in total. The molecule has 0 aromatic rings. The summed E-state index contributed by atoms with van der Waals surface area (Å²) in [7, 11) is 0. The van der Waals surface area contributed by atoms with E-state index in [1.165, 1.54) is 45.1 Å². The Morgan fingerprint density at radius 3 is 2.00 bits per heavy atom. The fraction of sp³-hybridized carbons (Fsp3) is 1.00. The van der Waals surface area contributed by atoms with E-state index in [-0.39, 0.29) is 0 Å². The van der Waals surface area contributed by atoms with Crippen molar-refractivity contribution < 1.29 is 0 Å². The average Bonchev–Trinajstić information content (AvgIpc) is 2.26. The monoisotopic (exact) mass is 215 g/mol. The van der Waals surface area contributed by atoms with Gasteiger partial charge in [-0.25, -0.2) is 0 Å². The second kappa shape index (κ2) is 13.9. The topological polar surface area (TPSA) is 50.1 Å². The zero-order chi connectivity index (χ0) is 11.2. The normalized spacial score (nSPS) is 10.8. The number of unbranched alkanes of at least 4 members (excludes halogenated alkanes) is 4. The van der Waals surface area contributed by atoms with Crippen LogP contribution in [0.3, 0.4) is 0 Å². The van der Waals surface area contributed by atoms with Crippen molar-refractivity contribution >= 4 is 0 Å². The van der Waals surface area contributed by atoms with Crippen molar-refractivity contribution in [3.8, 4) is 0 Å². The summed E-state index contributed by atoms with van der Waals surface area (Å²) in [6.07, 6.45) is 8.04. The number of hydrogen-bond donors (Lipinski definition) is 3. The number of rotatable bonds is 12. The van der Waals surface area contributed by atoms with Gasteiger partial charge in [0.15, 0.2) is 0 Å². The summed E-state index contributed by atoms with van der Waals surface area (Å²) < 4.78 is 0. The standard InChI is InChI=1S/C12H29N3/c1-2-3-4-5-6-9-14-10-7-11-15-12-8-13/h14-15H,2-13H2,1H3. The Balaban J connectivity index is 2.81. The van der Waals surface area contributed by atoms with Crippen LogP contribution in [-0.4, -0.2) is 32.7 Å². The van der Waals surface area contributed by atoms with E-state index in [2.05, 4.69) is 17.6 Å². The first-order valence-corrected chi connectivity index (χ1v) is 6.53. The van der Waals surface area contributed by atoms with Crippen LogP contribution in [0.5, 0.6) is 0 Å². The minimum atomic E-state index is 0.741. The Bertz CT molecular complexity index is 95.0. The van der Waals surface area contributed by atoms with E-state index in [0.29, 0.717) is 0 Å². The second-order valence-corrected chi connectivity index (χ2v) is 4.06. The van der Waals surface area contributed by atoms with Crippen molar-refractivity contribution in [2.75, 3.05) is 32.7 Å². The van der Waals surface area contributed by atoms with Crippen LogP contribution in [0.2, 0.25) is 0 Å². The Morgan fingerprint density at radius 2 is 1.33 bits per heavy atom. The molecule has 0 unspecified atom stereocenters. The smallest absolute Gasteiger partial charge is 0.00745 e. The summed E-state index contributed by atoms with van der Waals surface area (Å²) in [4.78, 5) is 0. The molecule has 0 amide bonds. The molecule has 15 heavy (non-hydrogen) atoms. The van der Waals surface area contributed by atoms with Gasteiger partial charge in [0.1, 0.15) is 0 Å². The summed E-state index contributed by atoms with van der Waals surface area (Å²) >= 11 is 0. The molecular formula is C12H29N3. The first kappa shape index (κ1) is 14.9. The molecule has 92 valence electrons. The van der Waals surface area contributed by atoms with Crippen LogP contribution in [0.15, 0.2) is 0 Å². The van der Waals surface area contributed by atoms with Crippen LogP contribution in [-0.2, 0) is 0 Å². The van der Waals surface area contributed by atoms with Crippen molar-refractivity contribution in [1.82, 2.24) is 10.6 Å². The molecular weight excluding hydrogens is 186 g/mol. The lowest BCUT2D eigenvalue weighted by molar-refractivity contribution is 0.560. The van der Waals surface area contributed by atoms with Gasteiger partial charge in [0.2, 0.25) is 0 Å². The van der Waals surface area contributed by atoms with E-state index >= 15 is 0 Å². The Labute approximate surface area is 95.2 Å². The van der Waals surface area contributed by atoms with Crippen molar-refractivity contribution in [1.29, 1.82) is 0 Å². The summed E-state index contributed by atoms with van der Waals surface area (Å²) in [5.74, 6) is 0. The molecule has 0 aliphatic heterocycles. The summed E-state index contributed by atoms with van der Waals surface area (Å²) in [5.41, 5.74) is 5.37. The predicted octanol–water partition coefficient (Wildman–Crippen LogP) is 1.48. The van der Waals surface area contributed by atoms with E-state index in [0.717, 1.165) is 26.2 Å². The van der Waals surface area contributed by atoms with Gasteiger partial charge < -0.3 is 16.4 Å². The molecule has 0 spiro atoms. The summed E-state index contributed by atoms with van der Waals surface area (Å²) in [6.45, 7) is 7.33. The van der Waals surface area contributed by atoms with E-state index in [4.69, 9.17) is 5.73 Å². The molecule has 0 saturated carbocycles. The zero-order valence-corrected chi connectivity index (χ0v) is 10.4. The van der Waals surface area contributed by atoms with E-state index in [1.807, 2.05) is 0 Å². The molecule has 0 aliphatic rings. The molecule has 0 aliphatic carbocycles. The maximum atomic E-state index is 5.37. The van der Waals surface area contributed by atoms with Crippen molar-refractivity contribution in [3.05, 3.63) is 0 Å². The zero-order valence-electron chi connectivity index (χ0n) is 10.4. The van der Waals surface area contributed by atoms with Crippen molar-refractivity contribution in [2.45, 2.75) is 45.4 Å². The highest BCUT2D eigenvalue weighted by Crippen LogP contribution is 2.00. The van der Waals surface area contributed by atoms with Gasteiger partial charge in [0.25, 0.3) is 0 Å². The number of nitrogens with one attached hydrogen (secondary N) is 2. The molecule has 0 saturated heterocycles. The molecule has 3 nitrogen and oxygen atoms in total. The van der Waals surface area contributed by atoms with Crippen LogP contribution in [0.25, 0.3) is 0 Å². The van der Waals surface area contributed by atoms with Crippen LogP contribution in [0.1, 0.15) is 45.4 Å². The van der Waals surface area contributed by atoms with E-state index in [9.17, 15) is 0 Å². The highest BCUT2D eigenvalue weighted by atomic mass is 14.9. The third-order valence-corrected chi connectivity index (χ3v) is 2.49. The van der Waals surface area contributed by atoms with Gasteiger partial charge in [0.05, 0.1) is 0 Å². The van der Waals surface area contributed by atoms with Gasteiger partial charge in [-0.05, 0) is 32.5 Å². The Kier molecular flexibility index (Phi) is 13.8. The lowest BCUT2D eigenvalue weighted by Crippen LogP contribution is -2.26. The molecule has 0 fully saturated rings. The average molecular weight is 215 g/mol. The van der Waals surface area contributed by atoms with Gasteiger partial charge in [-0.3, -0.25) is 0 Å². The van der Waals surface area contributed by atoms with Gasteiger partial charge in [-0.2, -0.15) is 0 Å². The Hall–Kier alpha value is -0.120. The minimum Gasteiger partial charge on any atom is -0.329 e. The van der Waals surface area contributed by atoms with E-state index < -0.39 is 0 Å². The first-order chi connectivity index (χ1) is 7.41. The third kappa shape index (κ3) is 13.9. The maximum absolute atomic E-state index is 5.37. The quantitative estimate of drug-likeness (QED) is 0.432. The van der Waals surface area contributed by atoms with Crippen molar-refractivity contribution in [3.63, 3.8) is 0 Å². The van der Waals surface area contributed by atoms with Gasteiger partial charge >= 0.3 is 0 Å². The van der Waals surface area contributed by atoms with Crippen molar-refractivity contribution in [2.24, 2.45) is 5.73 Å². The van der Waals surface area contributed by atoms with Gasteiger partial charge in [0, 0.05) is 13.1 Å². The van der Waals surface area contributed by atoms with Gasteiger partial charge in [-0.1, -0.05) is 32.6 Å².